The van der Waals surface area contributed by atoms with Crippen LogP contribution in [0.3, 0.4) is 0 Å². The number of carbonyl (C=O) groups excluding carboxylic acids is 1. The molecule has 0 saturated heterocycles. The Morgan fingerprint density at radius 3 is 2.08 bits per heavy atom. The van der Waals surface area contributed by atoms with Crippen LogP contribution in [-0.4, -0.2) is 36.2 Å². The van der Waals surface area contributed by atoms with Gasteiger partial charge in [-0.15, -0.1) is 0 Å². The number of ketones is 1. The zero-order valence-electron chi connectivity index (χ0n) is 17.5. The van der Waals surface area contributed by atoms with Crippen molar-refractivity contribution in [2.75, 3.05) is 19.6 Å². The Morgan fingerprint density at radius 1 is 0.885 bits per heavy atom. The quantitative estimate of drug-likeness (QED) is 0.224. The molecule has 26 heavy (non-hydrogen) atoms. The first kappa shape index (κ1) is 22.9. The smallest absolute Gasteiger partial charge is 0.197 e. The standard InChI is InChI=1S/C23H42N2O/c1-3-5-6-7-8-9-10-11-12-13-14-15-16-17-18-19-22(26)23-24-20-21-25(23)4-2/h11-12H,3-10,13-21H2,1-2H3/b12-11-. The molecular weight excluding hydrogens is 320 g/mol. The first-order valence-electron chi connectivity index (χ1n) is 11.3. The second kappa shape index (κ2) is 16.1. The minimum Gasteiger partial charge on any atom is -0.352 e. The number of hydrogen-bond donors (Lipinski definition) is 0. The van der Waals surface area contributed by atoms with Gasteiger partial charge in [-0.1, -0.05) is 70.4 Å². The van der Waals surface area contributed by atoms with E-state index in [1.165, 1.54) is 77.0 Å². The predicted octanol–water partition coefficient (Wildman–Crippen LogP) is 6.33. The zero-order valence-corrected chi connectivity index (χ0v) is 17.5. The molecule has 0 radical (unpaired) electrons. The summed E-state index contributed by atoms with van der Waals surface area (Å²) >= 11 is 0. The minimum absolute atomic E-state index is 0.252. The molecule has 0 aromatic carbocycles. The van der Waals surface area contributed by atoms with Gasteiger partial charge >= 0.3 is 0 Å². The molecule has 0 bridgehead atoms. The highest BCUT2D eigenvalue weighted by Crippen LogP contribution is 2.11. The summed E-state index contributed by atoms with van der Waals surface area (Å²) in [6.07, 6.45) is 22.2. The van der Waals surface area contributed by atoms with Crippen LogP contribution in [0.5, 0.6) is 0 Å². The van der Waals surface area contributed by atoms with Crippen molar-refractivity contribution < 1.29 is 4.79 Å². The minimum atomic E-state index is 0.252. The largest absolute Gasteiger partial charge is 0.352 e. The highest BCUT2D eigenvalue weighted by atomic mass is 16.1. The highest BCUT2D eigenvalue weighted by molar-refractivity contribution is 6.39. The van der Waals surface area contributed by atoms with Gasteiger partial charge in [0.05, 0.1) is 6.54 Å². The number of hydrogen-bond acceptors (Lipinski definition) is 3. The second-order valence-corrected chi connectivity index (χ2v) is 7.54. The molecule has 0 aromatic rings. The van der Waals surface area contributed by atoms with E-state index in [2.05, 4.69) is 35.9 Å². The summed E-state index contributed by atoms with van der Waals surface area (Å²) in [5.41, 5.74) is 0. The van der Waals surface area contributed by atoms with Gasteiger partial charge in [0.15, 0.2) is 11.6 Å². The van der Waals surface area contributed by atoms with Crippen molar-refractivity contribution in [3.8, 4) is 0 Å². The molecule has 0 N–H and O–H groups in total. The molecule has 1 heterocycles. The van der Waals surface area contributed by atoms with E-state index in [0.29, 0.717) is 6.42 Å². The number of Topliss-reactive ketones (excluding diaryl/α,β-unsaturated/α-hetero) is 1. The van der Waals surface area contributed by atoms with Gasteiger partial charge in [-0.3, -0.25) is 9.79 Å². The molecule has 150 valence electrons. The molecule has 1 rings (SSSR count). The molecule has 0 amide bonds. The number of carbonyl (C=O) groups is 1. The lowest BCUT2D eigenvalue weighted by Gasteiger charge is -2.16. The van der Waals surface area contributed by atoms with E-state index >= 15 is 0 Å². The number of rotatable bonds is 17. The maximum absolute atomic E-state index is 12.2. The van der Waals surface area contributed by atoms with Gasteiger partial charge in [-0.05, 0) is 39.0 Å². The number of amidine groups is 1. The maximum atomic E-state index is 12.2. The van der Waals surface area contributed by atoms with E-state index in [9.17, 15) is 4.79 Å². The Balaban J connectivity index is 1.86. The molecule has 3 nitrogen and oxygen atoms in total. The van der Waals surface area contributed by atoms with Crippen LogP contribution in [0, 0.1) is 0 Å². The predicted molar refractivity (Wildman–Crippen MR) is 114 cm³/mol. The summed E-state index contributed by atoms with van der Waals surface area (Å²) in [6, 6.07) is 0. The van der Waals surface area contributed by atoms with Gasteiger partial charge in [0.1, 0.15) is 0 Å². The molecule has 3 heteroatoms. The van der Waals surface area contributed by atoms with E-state index in [-0.39, 0.29) is 5.78 Å². The first-order valence-corrected chi connectivity index (χ1v) is 11.3. The summed E-state index contributed by atoms with van der Waals surface area (Å²) in [5.74, 6) is 0.991. The number of unbranched alkanes of at least 4 members (excludes halogenated alkanes) is 11. The lowest BCUT2D eigenvalue weighted by molar-refractivity contribution is -0.113. The fraction of sp³-hybridized carbons (Fsp3) is 0.826. The number of allylic oxidation sites excluding steroid dienone is 2. The van der Waals surface area contributed by atoms with Crippen molar-refractivity contribution in [3.05, 3.63) is 12.2 Å². The Kier molecular flexibility index (Phi) is 14.2. The summed E-state index contributed by atoms with van der Waals surface area (Å²) in [4.78, 5) is 18.6. The summed E-state index contributed by atoms with van der Waals surface area (Å²) < 4.78 is 0. The molecule has 1 aliphatic heterocycles. The van der Waals surface area contributed by atoms with Crippen molar-refractivity contribution in [1.82, 2.24) is 4.90 Å². The summed E-state index contributed by atoms with van der Waals surface area (Å²) in [6.45, 7) is 6.98. The van der Waals surface area contributed by atoms with Crippen LogP contribution in [0.25, 0.3) is 0 Å². The van der Waals surface area contributed by atoms with E-state index < -0.39 is 0 Å². The number of likely N-dealkylation sites (N-methyl/N-ethyl adjacent to an activating group) is 1. The van der Waals surface area contributed by atoms with E-state index in [1.807, 2.05) is 0 Å². The number of aliphatic imine (C=N–C) groups is 1. The monoisotopic (exact) mass is 362 g/mol. The molecule has 0 aromatic heterocycles. The van der Waals surface area contributed by atoms with Crippen molar-refractivity contribution in [3.63, 3.8) is 0 Å². The third kappa shape index (κ3) is 10.8. The molecule has 0 fully saturated rings. The molecule has 0 unspecified atom stereocenters. The molecular formula is C23H42N2O. The molecule has 0 spiro atoms. The van der Waals surface area contributed by atoms with Crippen molar-refractivity contribution >= 4 is 11.6 Å². The summed E-state index contributed by atoms with van der Waals surface area (Å²) in [7, 11) is 0. The summed E-state index contributed by atoms with van der Waals surface area (Å²) in [5, 5.41) is 0. The Hall–Kier alpha value is -1.12. The van der Waals surface area contributed by atoms with Crippen LogP contribution >= 0.6 is 0 Å². The Bertz CT molecular complexity index is 414. The number of nitrogens with zero attached hydrogens (tertiary/aromatic N) is 2. The highest BCUT2D eigenvalue weighted by Gasteiger charge is 2.21. The van der Waals surface area contributed by atoms with Crippen molar-refractivity contribution in [1.29, 1.82) is 0 Å². The van der Waals surface area contributed by atoms with Crippen molar-refractivity contribution in [2.24, 2.45) is 4.99 Å². The van der Waals surface area contributed by atoms with Gasteiger partial charge in [-0.2, -0.15) is 0 Å². The van der Waals surface area contributed by atoms with Crippen molar-refractivity contribution in [2.45, 2.75) is 104 Å². The third-order valence-electron chi connectivity index (χ3n) is 5.23. The van der Waals surface area contributed by atoms with Crippen LogP contribution in [0.15, 0.2) is 17.1 Å². The normalized spacial score (nSPS) is 14.4. The topological polar surface area (TPSA) is 32.7 Å². The van der Waals surface area contributed by atoms with Crippen LogP contribution in [0.4, 0.5) is 0 Å². The van der Waals surface area contributed by atoms with Crippen LogP contribution in [-0.2, 0) is 4.79 Å². The van der Waals surface area contributed by atoms with E-state index in [0.717, 1.165) is 31.9 Å². The van der Waals surface area contributed by atoms with Crippen LogP contribution in [0.1, 0.15) is 104 Å². The molecule has 0 saturated carbocycles. The lowest BCUT2D eigenvalue weighted by atomic mass is 10.1. The Labute approximate surface area is 162 Å². The van der Waals surface area contributed by atoms with Gasteiger partial charge in [0.2, 0.25) is 0 Å². The van der Waals surface area contributed by atoms with E-state index in [4.69, 9.17) is 0 Å². The average molecular weight is 363 g/mol. The average Bonchev–Trinajstić information content (AvgIpc) is 3.13. The lowest BCUT2D eigenvalue weighted by Crippen LogP contribution is -2.33. The fourth-order valence-electron chi connectivity index (χ4n) is 3.52. The van der Waals surface area contributed by atoms with E-state index in [1.54, 1.807) is 0 Å². The SMILES string of the molecule is CCCCCCCC/C=C\CCCCCCCC(=O)C1=NCCN1CC. The second-order valence-electron chi connectivity index (χ2n) is 7.54. The fourth-order valence-corrected chi connectivity index (χ4v) is 3.52. The zero-order chi connectivity index (χ0) is 18.9. The van der Waals surface area contributed by atoms with Crippen LogP contribution in [0.2, 0.25) is 0 Å². The van der Waals surface area contributed by atoms with Crippen LogP contribution < -0.4 is 0 Å². The van der Waals surface area contributed by atoms with Gasteiger partial charge in [0.25, 0.3) is 0 Å². The third-order valence-corrected chi connectivity index (χ3v) is 5.23. The van der Waals surface area contributed by atoms with Gasteiger partial charge < -0.3 is 4.90 Å². The first-order chi connectivity index (χ1) is 12.8. The van der Waals surface area contributed by atoms with Gasteiger partial charge in [-0.25, -0.2) is 0 Å². The Morgan fingerprint density at radius 2 is 1.46 bits per heavy atom. The molecule has 0 atom stereocenters. The molecule has 0 aliphatic carbocycles. The molecule has 1 aliphatic rings. The van der Waals surface area contributed by atoms with Gasteiger partial charge in [0, 0.05) is 19.5 Å². The maximum Gasteiger partial charge on any atom is 0.197 e.